The molecular weight excluding hydrogens is 340 g/mol. The average Bonchev–Trinajstić information content (AvgIpc) is 2.57. The third kappa shape index (κ3) is 7.98. The second kappa shape index (κ2) is 10.3. The molecule has 2 rings (SSSR count). The van der Waals surface area contributed by atoms with Gasteiger partial charge < -0.3 is 9.47 Å². The summed E-state index contributed by atoms with van der Waals surface area (Å²) in [6.45, 7) is 12.3. The summed E-state index contributed by atoms with van der Waals surface area (Å²) in [5.74, 6) is -0.0604. The molecule has 0 saturated carbocycles. The van der Waals surface area contributed by atoms with Gasteiger partial charge in [-0.25, -0.2) is 0 Å². The van der Waals surface area contributed by atoms with Crippen LogP contribution in [-0.4, -0.2) is 24.6 Å². The van der Waals surface area contributed by atoms with Crippen LogP contribution in [0.1, 0.15) is 54.4 Å². The summed E-state index contributed by atoms with van der Waals surface area (Å²) in [6.07, 6.45) is 17.3. The molecule has 4 heteroatoms. The molecule has 0 bridgehead atoms. The monoisotopic (exact) mass is 374 g/mol. The Labute approximate surface area is 164 Å². The van der Waals surface area contributed by atoms with Crippen molar-refractivity contribution >= 4 is 11.9 Å². The van der Waals surface area contributed by atoms with E-state index in [0.717, 1.165) is 6.42 Å². The molecule has 0 aromatic heterocycles. The molecule has 0 amide bonds. The van der Waals surface area contributed by atoms with Gasteiger partial charge in [-0.15, -0.1) is 0 Å². The SMILES string of the molecule is CC(=O)OC1C=CC=CC1(C)C.CCCOC(=O)CC1C=CC=CC1(C)C. The molecule has 150 valence electrons. The van der Waals surface area contributed by atoms with E-state index in [1.54, 1.807) is 0 Å². The predicted octanol–water partition coefficient (Wildman–Crippen LogP) is 5.17. The smallest absolute Gasteiger partial charge is 0.306 e. The van der Waals surface area contributed by atoms with Gasteiger partial charge in [-0.1, -0.05) is 77.2 Å². The topological polar surface area (TPSA) is 52.6 Å². The molecule has 27 heavy (non-hydrogen) atoms. The molecule has 2 atom stereocenters. The summed E-state index contributed by atoms with van der Waals surface area (Å²) in [6, 6.07) is 0. The maximum absolute atomic E-state index is 11.5. The lowest BCUT2D eigenvalue weighted by molar-refractivity contribution is -0.148. The Balaban J connectivity index is 0.000000277. The molecule has 0 aliphatic heterocycles. The van der Waals surface area contributed by atoms with Gasteiger partial charge in [-0.3, -0.25) is 9.59 Å². The minimum absolute atomic E-state index is 0.0555. The quantitative estimate of drug-likeness (QED) is 0.623. The van der Waals surface area contributed by atoms with E-state index in [-0.39, 0.29) is 34.8 Å². The minimum atomic E-state index is -0.229. The van der Waals surface area contributed by atoms with Crippen LogP contribution in [0.5, 0.6) is 0 Å². The fourth-order valence-electron chi connectivity index (χ4n) is 2.84. The zero-order valence-electron chi connectivity index (χ0n) is 17.5. The molecule has 0 saturated heterocycles. The number of ether oxygens (including phenoxy) is 2. The maximum atomic E-state index is 11.5. The van der Waals surface area contributed by atoms with Crippen molar-refractivity contribution < 1.29 is 19.1 Å². The fourth-order valence-corrected chi connectivity index (χ4v) is 2.84. The Kier molecular flexibility index (Phi) is 8.74. The second-order valence-electron chi connectivity index (χ2n) is 8.19. The molecule has 0 fully saturated rings. The summed E-state index contributed by atoms with van der Waals surface area (Å²) in [4.78, 5) is 22.2. The second-order valence-corrected chi connectivity index (χ2v) is 8.19. The van der Waals surface area contributed by atoms with Crippen LogP contribution in [0.25, 0.3) is 0 Å². The first-order valence-electron chi connectivity index (χ1n) is 9.63. The van der Waals surface area contributed by atoms with Crippen LogP contribution < -0.4 is 0 Å². The van der Waals surface area contributed by atoms with Crippen molar-refractivity contribution in [3.8, 4) is 0 Å². The van der Waals surface area contributed by atoms with E-state index in [1.807, 2.05) is 57.2 Å². The highest BCUT2D eigenvalue weighted by molar-refractivity contribution is 5.70. The lowest BCUT2D eigenvalue weighted by Gasteiger charge is -2.30. The molecule has 0 aromatic rings. The van der Waals surface area contributed by atoms with Gasteiger partial charge in [0, 0.05) is 12.3 Å². The minimum Gasteiger partial charge on any atom is -0.466 e. The van der Waals surface area contributed by atoms with Crippen molar-refractivity contribution in [1.82, 2.24) is 0 Å². The third-order valence-corrected chi connectivity index (χ3v) is 4.74. The number of hydrogen-bond acceptors (Lipinski definition) is 4. The highest BCUT2D eigenvalue weighted by Crippen LogP contribution is 2.34. The normalized spacial score (nSPS) is 23.9. The molecule has 4 nitrogen and oxygen atoms in total. The summed E-state index contributed by atoms with van der Waals surface area (Å²) >= 11 is 0. The van der Waals surface area contributed by atoms with Crippen LogP contribution in [0.3, 0.4) is 0 Å². The number of esters is 2. The van der Waals surface area contributed by atoms with E-state index in [9.17, 15) is 9.59 Å². The van der Waals surface area contributed by atoms with Crippen LogP contribution in [0.15, 0.2) is 48.6 Å². The van der Waals surface area contributed by atoms with Crippen LogP contribution >= 0.6 is 0 Å². The first kappa shape index (κ1) is 22.9. The van der Waals surface area contributed by atoms with Gasteiger partial charge in [0.05, 0.1) is 13.0 Å². The lowest BCUT2D eigenvalue weighted by Crippen LogP contribution is -2.31. The molecule has 0 heterocycles. The summed E-state index contributed by atoms with van der Waals surface area (Å²) < 4.78 is 10.2. The van der Waals surface area contributed by atoms with Crippen LogP contribution in [0.4, 0.5) is 0 Å². The number of carbonyl (C=O) groups excluding carboxylic acids is 2. The molecule has 0 spiro atoms. The van der Waals surface area contributed by atoms with E-state index in [4.69, 9.17) is 9.47 Å². The Morgan fingerprint density at radius 1 is 0.926 bits per heavy atom. The Morgan fingerprint density at radius 2 is 1.52 bits per heavy atom. The standard InChI is InChI=1S/C13H20O2.C10H14O2/c1-4-9-15-12(14)10-11-7-5-6-8-13(11,2)3;1-8(11)12-9-6-4-5-7-10(9,2)3/h5-8,11H,4,9-10H2,1-3H3;4-7,9H,1-3H3. The van der Waals surface area contributed by atoms with Crippen molar-refractivity contribution in [3.05, 3.63) is 48.6 Å². The van der Waals surface area contributed by atoms with Gasteiger partial charge in [0.1, 0.15) is 6.10 Å². The fraction of sp³-hybridized carbons (Fsp3) is 0.565. The summed E-state index contributed by atoms with van der Waals surface area (Å²) in [5, 5.41) is 0. The van der Waals surface area contributed by atoms with Gasteiger partial charge in [0.25, 0.3) is 0 Å². The molecule has 0 N–H and O–H groups in total. The highest BCUT2D eigenvalue weighted by Gasteiger charge is 2.29. The van der Waals surface area contributed by atoms with Gasteiger partial charge in [0.2, 0.25) is 0 Å². The van der Waals surface area contributed by atoms with Crippen molar-refractivity contribution in [3.63, 3.8) is 0 Å². The predicted molar refractivity (Wildman–Crippen MR) is 109 cm³/mol. The molecule has 0 aromatic carbocycles. The number of hydrogen-bond donors (Lipinski definition) is 0. The molecule has 2 aliphatic carbocycles. The Bertz CT molecular complexity index is 620. The Morgan fingerprint density at radius 3 is 2.04 bits per heavy atom. The Hall–Kier alpha value is -2.10. The first-order chi connectivity index (χ1) is 12.6. The summed E-state index contributed by atoms with van der Waals surface area (Å²) in [7, 11) is 0. The van der Waals surface area contributed by atoms with Crippen molar-refractivity contribution in [2.24, 2.45) is 16.7 Å². The largest absolute Gasteiger partial charge is 0.466 e. The van der Waals surface area contributed by atoms with Crippen molar-refractivity contribution in [2.45, 2.75) is 60.5 Å². The third-order valence-electron chi connectivity index (χ3n) is 4.74. The zero-order valence-corrected chi connectivity index (χ0v) is 17.5. The van der Waals surface area contributed by atoms with E-state index in [1.165, 1.54) is 6.92 Å². The maximum Gasteiger partial charge on any atom is 0.306 e. The van der Waals surface area contributed by atoms with E-state index in [0.29, 0.717) is 13.0 Å². The average molecular weight is 375 g/mol. The number of carbonyl (C=O) groups is 2. The molecule has 0 radical (unpaired) electrons. The summed E-state index contributed by atoms with van der Waals surface area (Å²) in [5.41, 5.74) is -0.0274. The highest BCUT2D eigenvalue weighted by atomic mass is 16.5. The van der Waals surface area contributed by atoms with Crippen LogP contribution in [0.2, 0.25) is 0 Å². The molecule has 2 unspecified atom stereocenters. The van der Waals surface area contributed by atoms with Crippen molar-refractivity contribution in [1.29, 1.82) is 0 Å². The van der Waals surface area contributed by atoms with Crippen LogP contribution in [0, 0.1) is 16.7 Å². The zero-order chi connectivity index (χ0) is 20.5. The van der Waals surface area contributed by atoms with Gasteiger partial charge in [0.15, 0.2) is 0 Å². The van der Waals surface area contributed by atoms with E-state index < -0.39 is 0 Å². The number of rotatable bonds is 5. The van der Waals surface area contributed by atoms with Gasteiger partial charge in [-0.05, 0) is 23.8 Å². The molecule has 2 aliphatic rings. The molecular formula is C23H34O4. The van der Waals surface area contributed by atoms with Crippen LogP contribution in [-0.2, 0) is 19.1 Å². The van der Waals surface area contributed by atoms with E-state index >= 15 is 0 Å². The van der Waals surface area contributed by atoms with Crippen molar-refractivity contribution in [2.75, 3.05) is 6.61 Å². The van der Waals surface area contributed by atoms with Gasteiger partial charge in [-0.2, -0.15) is 0 Å². The number of allylic oxidation sites excluding steroid dienone is 6. The lowest BCUT2D eigenvalue weighted by atomic mass is 9.74. The van der Waals surface area contributed by atoms with E-state index in [2.05, 4.69) is 26.0 Å². The van der Waals surface area contributed by atoms with Gasteiger partial charge >= 0.3 is 11.9 Å². The first-order valence-corrected chi connectivity index (χ1v) is 9.63.